The summed E-state index contributed by atoms with van der Waals surface area (Å²) in [6.45, 7) is 2.11. The fraction of sp³-hybridized carbons (Fsp3) is 0.308. The number of ketones is 1. The molecule has 1 aliphatic carbocycles. The van der Waals surface area contributed by atoms with Crippen molar-refractivity contribution in [3.05, 3.63) is 34.9 Å². The lowest BCUT2D eigenvalue weighted by Gasteiger charge is -2.18. The Kier molecular flexibility index (Phi) is 2.23. The first-order chi connectivity index (χ1) is 8.63. The van der Waals surface area contributed by atoms with Crippen LogP contribution in [0.3, 0.4) is 0 Å². The Morgan fingerprint density at radius 2 is 2.28 bits per heavy atom. The maximum Gasteiger partial charge on any atom is 0.245 e. The van der Waals surface area contributed by atoms with Crippen LogP contribution in [-0.2, 0) is 11.2 Å². The van der Waals surface area contributed by atoms with Crippen molar-refractivity contribution in [1.82, 2.24) is 4.57 Å². The van der Waals surface area contributed by atoms with Gasteiger partial charge in [0.25, 0.3) is 0 Å². The molecule has 5 heteroatoms. The smallest absolute Gasteiger partial charge is 0.245 e. The average molecular weight is 244 g/mol. The average Bonchev–Trinajstić information content (AvgIpc) is 2.75. The third-order valence-electron chi connectivity index (χ3n) is 3.27. The van der Waals surface area contributed by atoms with Gasteiger partial charge < -0.3 is 4.74 Å². The zero-order valence-corrected chi connectivity index (χ0v) is 10.2. The van der Waals surface area contributed by atoms with Gasteiger partial charge in [-0.1, -0.05) is 0 Å². The zero-order chi connectivity index (χ0) is 12.9. The maximum atomic E-state index is 12.3. The van der Waals surface area contributed by atoms with Crippen molar-refractivity contribution in [3.63, 3.8) is 0 Å². The number of rotatable bonds is 1. The zero-order valence-electron chi connectivity index (χ0n) is 10.2. The first kappa shape index (κ1) is 11.0. The molecule has 0 fully saturated rings. The number of nitrogens with zero attached hydrogens (tertiary/aromatic N) is 2. The lowest BCUT2D eigenvalue weighted by Crippen LogP contribution is -2.24. The van der Waals surface area contributed by atoms with E-state index in [0.29, 0.717) is 12.2 Å². The van der Waals surface area contributed by atoms with Crippen LogP contribution in [0.2, 0.25) is 0 Å². The third-order valence-corrected chi connectivity index (χ3v) is 3.27. The molecule has 0 N–H and O–H groups in total. The molecule has 2 aliphatic rings. The van der Waals surface area contributed by atoms with Gasteiger partial charge in [-0.2, -0.15) is 0 Å². The Hall–Kier alpha value is -2.17. The summed E-state index contributed by atoms with van der Waals surface area (Å²) in [6, 6.07) is 0. The van der Waals surface area contributed by atoms with Crippen LogP contribution in [0, 0.1) is 0 Å². The van der Waals surface area contributed by atoms with E-state index in [1.165, 1.54) is 18.6 Å². The summed E-state index contributed by atoms with van der Waals surface area (Å²) < 4.78 is 6.47. The van der Waals surface area contributed by atoms with Gasteiger partial charge in [0.1, 0.15) is 5.69 Å². The van der Waals surface area contributed by atoms with Crippen molar-refractivity contribution in [1.29, 1.82) is 0 Å². The maximum absolute atomic E-state index is 12.3. The number of hydrogen-bond donors (Lipinski definition) is 0. The van der Waals surface area contributed by atoms with Crippen molar-refractivity contribution >= 4 is 17.4 Å². The van der Waals surface area contributed by atoms with Gasteiger partial charge in [-0.3, -0.25) is 19.1 Å². The number of allylic oxidation sites excluding steroid dienone is 2. The highest BCUT2D eigenvalue weighted by atomic mass is 16.5. The minimum Gasteiger partial charge on any atom is -0.492 e. The number of aromatic nitrogens is 1. The molecule has 0 atom stereocenters. The molecular weight excluding hydrogens is 232 g/mol. The van der Waals surface area contributed by atoms with Gasteiger partial charge in [0, 0.05) is 31.3 Å². The van der Waals surface area contributed by atoms with E-state index >= 15 is 0 Å². The molecule has 0 aromatic carbocycles. The van der Waals surface area contributed by atoms with Crippen molar-refractivity contribution in [2.24, 2.45) is 4.99 Å². The largest absolute Gasteiger partial charge is 0.492 e. The SMILES string of the molecule is COC1=CC2=NCCc3cn(C(C)=O)c(c32)C1=O. The van der Waals surface area contributed by atoms with Gasteiger partial charge in [0.2, 0.25) is 11.7 Å². The molecule has 0 saturated carbocycles. The molecule has 2 heterocycles. The molecule has 0 spiro atoms. The van der Waals surface area contributed by atoms with E-state index in [2.05, 4.69) is 4.99 Å². The highest BCUT2D eigenvalue weighted by Crippen LogP contribution is 2.29. The highest BCUT2D eigenvalue weighted by Gasteiger charge is 2.33. The molecule has 0 saturated heterocycles. The molecule has 1 aromatic heterocycles. The summed E-state index contributed by atoms with van der Waals surface area (Å²) in [4.78, 5) is 28.3. The fourth-order valence-corrected chi connectivity index (χ4v) is 2.46. The van der Waals surface area contributed by atoms with Gasteiger partial charge in [-0.15, -0.1) is 0 Å². The lowest BCUT2D eigenvalue weighted by molar-refractivity contribution is 0.0889. The summed E-state index contributed by atoms with van der Waals surface area (Å²) in [5.74, 6) is -0.199. The van der Waals surface area contributed by atoms with Crippen LogP contribution in [0.5, 0.6) is 0 Å². The van der Waals surface area contributed by atoms with Crippen LogP contribution < -0.4 is 0 Å². The van der Waals surface area contributed by atoms with Crippen molar-refractivity contribution in [3.8, 4) is 0 Å². The van der Waals surface area contributed by atoms with Crippen LogP contribution in [0.15, 0.2) is 23.0 Å². The fourth-order valence-electron chi connectivity index (χ4n) is 2.46. The Labute approximate surface area is 104 Å². The van der Waals surface area contributed by atoms with Crippen LogP contribution in [0.1, 0.15) is 33.3 Å². The minimum absolute atomic E-state index is 0.176. The molecule has 0 radical (unpaired) electrons. The summed E-state index contributed by atoms with van der Waals surface area (Å²) >= 11 is 0. The van der Waals surface area contributed by atoms with Crippen LogP contribution in [0.4, 0.5) is 0 Å². The number of carbonyl (C=O) groups excluding carboxylic acids is 2. The Bertz CT molecular complexity index is 635. The van der Waals surface area contributed by atoms with E-state index in [1.807, 2.05) is 0 Å². The second kappa shape index (κ2) is 3.66. The summed E-state index contributed by atoms with van der Waals surface area (Å²) in [6.07, 6.45) is 4.15. The van der Waals surface area contributed by atoms with Crippen LogP contribution in [0.25, 0.3) is 0 Å². The first-order valence-corrected chi connectivity index (χ1v) is 5.74. The number of ether oxygens (including phenoxy) is 1. The molecule has 0 amide bonds. The molecule has 0 unspecified atom stereocenters. The molecule has 3 rings (SSSR count). The van der Waals surface area contributed by atoms with Gasteiger partial charge in [-0.05, 0) is 12.0 Å². The Morgan fingerprint density at radius 1 is 1.50 bits per heavy atom. The van der Waals surface area contributed by atoms with Gasteiger partial charge in [0.15, 0.2) is 5.76 Å². The van der Waals surface area contributed by atoms with E-state index < -0.39 is 0 Å². The van der Waals surface area contributed by atoms with E-state index in [1.54, 1.807) is 12.3 Å². The van der Waals surface area contributed by atoms with Crippen molar-refractivity contribution in [2.45, 2.75) is 13.3 Å². The molecule has 5 nitrogen and oxygen atoms in total. The standard InChI is InChI=1S/C13H12N2O3/c1-7(16)15-6-8-3-4-14-9-5-10(18-2)13(17)12(15)11(8)9/h5-6H,3-4H2,1-2H3. The number of methoxy groups -OCH3 is 1. The number of hydrogen-bond acceptors (Lipinski definition) is 4. The monoisotopic (exact) mass is 244 g/mol. The first-order valence-electron chi connectivity index (χ1n) is 5.74. The number of carbonyl (C=O) groups is 2. The molecule has 1 aliphatic heterocycles. The van der Waals surface area contributed by atoms with Crippen molar-refractivity contribution < 1.29 is 14.3 Å². The lowest BCUT2D eigenvalue weighted by atomic mass is 9.93. The molecule has 1 aromatic rings. The van der Waals surface area contributed by atoms with E-state index in [0.717, 1.165) is 23.3 Å². The summed E-state index contributed by atoms with van der Waals surface area (Å²) in [5, 5.41) is 0. The second-order valence-corrected chi connectivity index (χ2v) is 4.33. The quantitative estimate of drug-likeness (QED) is 0.746. The Balaban J connectivity index is 2.32. The summed E-state index contributed by atoms with van der Waals surface area (Å²) in [7, 11) is 1.44. The summed E-state index contributed by atoms with van der Waals surface area (Å²) in [5.41, 5.74) is 2.92. The van der Waals surface area contributed by atoms with Crippen LogP contribution >= 0.6 is 0 Å². The number of aliphatic imine (C=N–C) groups is 1. The Morgan fingerprint density at radius 3 is 2.94 bits per heavy atom. The van der Waals surface area contributed by atoms with Gasteiger partial charge in [0.05, 0.1) is 12.8 Å². The topological polar surface area (TPSA) is 60.7 Å². The van der Waals surface area contributed by atoms with Gasteiger partial charge >= 0.3 is 0 Å². The normalized spacial score (nSPS) is 16.9. The van der Waals surface area contributed by atoms with E-state index in [9.17, 15) is 9.59 Å². The predicted molar refractivity (Wildman–Crippen MR) is 65.3 cm³/mol. The molecule has 92 valence electrons. The third kappa shape index (κ3) is 1.30. The number of Topliss-reactive ketones (excluding diaryl/α,β-unsaturated/α-hetero) is 1. The van der Waals surface area contributed by atoms with E-state index in [-0.39, 0.29) is 17.4 Å². The van der Waals surface area contributed by atoms with Crippen LogP contribution in [-0.4, -0.2) is 35.6 Å². The van der Waals surface area contributed by atoms with Crippen molar-refractivity contribution in [2.75, 3.05) is 13.7 Å². The highest BCUT2D eigenvalue weighted by molar-refractivity contribution is 6.26. The van der Waals surface area contributed by atoms with Gasteiger partial charge in [-0.25, -0.2) is 0 Å². The molecule has 18 heavy (non-hydrogen) atoms. The molecular formula is C13H12N2O3. The predicted octanol–water partition coefficient (Wildman–Crippen LogP) is 1.22. The molecule has 0 bridgehead atoms. The second-order valence-electron chi connectivity index (χ2n) is 4.33. The van der Waals surface area contributed by atoms with E-state index in [4.69, 9.17) is 4.74 Å². The minimum atomic E-state index is -0.255.